The lowest BCUT2D eigenvalue weighted by molar-refractivity contribution is 0.169. The number of aromatic nitrogens is 1. The van der Waals surface area contributed by atoms with E-state index in [-0.39, 0.29) is 0 Å². The van der Waals surface area contributed by atoms with Crippen molar-refractivity contribution in [3.8, 4) is 5.75 Å². The minimum Gasteiger partial charge on any atom is -0.497 e. The summed E-state index contributed by atoms with van der Waals surface area (Å²) in [6, 6.07) is 10.2. The minimum absolute atomic E-state index is 0.827. The van der Waals surface area contributed by atoms with Gasteiger partial charge < -0.3 is 19.5 Å². The molecule has 0 unspecified atom stereocenters. The predicted molar refractivity (Wildman–Crippen MR) is 111 cm³/mol. The Morgan fingerprint density at radius 1 is 1.18 bits per heavy atom. The molecule has 1 aliphatic heterocycles. The lowest BCUT2D eigenvalue weighted by Crippen LogP contribution is -2.52. The number of nitrogens with zero attached hydrogens (tertiary/aromatic N) is 4. The van der Waals surface area contributed by atoms with Gasteiger partial charge in [-0.3, -0.25) is 9.89 Å². The molecule has 7 heteroatoms. The van der Waals surface area contributed by atoms with Crippen LogP contribution in [0.3, 0.4) is 0 Å². The zero-order valence-corrected chi connectivity index (χ0v) is 16.9. The first-order chi connectivity index (χ1) is 13.8. The van der Waals surface area contributed by atoms with Gasteiger partial charge in [-0.25, -0.2) is 0 Å². The van der Waals surface area contributed by atoms with Gasteiger partial charge in [-0.05, 0) is 37.5 Å². The van der Waals surface area contributed by atoms with Crippen LogP contribution in [0, 0.1) is 0 Å². The molecule has 1 aliphatic rings. The maximum atomic E-state index is 5.21. The van der Waals surface area contributed by atoms with Crippen LogP contribution in [-0.2, 0) is 13.0 Å². The molecule has 1 saturated heterocycles. The summed E-state index contributed by atoms with van der Waals surface area (Å²) in [7, 11) is 1.69. The van der Waals surface area contributed by atoms with Gasteiger partial charge in [-0.15, -0.1) is 0 Å². The average Bonchev–Trinajstić information content (AvgIpc) is 3.24. The third-order valence-electron chi connectivity index (χ3n) is 4.93. The van der Waals surface area contributed by atoms with Crippen molar-refractivity contribution in [3.05, 3.63) is 47.9 Å². The molecule has 2 heterocycles. The van der Waals surface area contributed by atoms with E-state index in [1.54, 1.807) is 13.4 Å². The van der Waals surface area contributed by atoms with Crippen molar-refractivity contribution in [1.82, 2.24) is 20.3 Å². The van der Waals surface area contributed by atoms with Crippen LogP contribution in [-0.4, -0.2) is 67.3 Å². The zero-order valence-electron chi connectivity index (χ0n) is 16.9. The normalized spacial score (nSPS) is 15.6. The number of ether oxygens (including phenoxy) is 1. The first-order valence-electron chi connectivity index (χ1n) is 10.1. The van der Waals surface area contributed by atoms with Gasteiger partial charge in [0.25, 0.3) is 0 Å². The summed E-state index contributed by atoms with van der Waals surface area (Å²) in [5, 5.41) is 7.45. The van der Waals surface area contributed by atoms with Crippen molar-refractivity contribution in [1.29, 1.82) is 0 Å². The first kappa shape index (κ1) is 20.2. The Bertz CT molecular complexity index is 707. The SMILES string of the molecule is CCNC(=NCCCc1ccc(OC)cc1)N1CCN(Cc2ccon2)CC1. The summed E-state index contributed by atoms with van der Waals surface area (Å²) < 4.78 is 10.1. The molecule has 152 valence electrons. The molecule has 0 amide bonds. The number of benzene rings is 1. The first-order valence-corrected chi connectivity index (χ1v) is 10.1. The molecule has 28 heavy (non-hydrogen) atoms. The summed E-state index contributed by atoms with van der Waals surface area (Å²) in [4.78, 5) is 9.61. The predicted octanol–water partition coefficient (Wildman–Crippen LogP) is 2.40. The van der Waals surface area contributed by atoms with E-state index in [0.717, 1.165) is 76.1 Å². The number of rotatable bonds is 8. The van der Waals surface area contributed by atoms with Gasteiger partial charge in [0.05, 0.1) is 12.8 Å². The van der Waals surface area contributed by atoms with Gasteiger partial charge in [0.15, 0.2) is 5.96 Å². The molecule has 1 aromatic carbocycles. The lowest BCUT2D eigenvalue weighted by atomic mass is 10.1. The fraction of sp³-hybridized carbons (Fsp3) is 0.524. The Kier molecular flexibility index (Phi) is 7.72. The summed E-state index contributed by atoms with van der Waals surface area (Å²) in [6.45, 7) is 8.63. The van der Waals surface area contributed by atoms with E-state index in [9.17, 15) is 0 Å². The van der Waals surface area contributed by atoms with Gasteiger partial charge in [-0.2, -0.15) is 0 Å². The highest BCUT2D eigenvalue weighted by molar-refractivity contribution is 5.80. The van der Waals surface area contributed by atoms with Crippen molar-refractivity contribution < 1.29 is 9.26 Å². The van der Waals surface area contributed by atoms with Crippen molar-refractivity contribution >= 4 is 5.96 Å². The molecule has 0 radical (unpaired) electrons. The summed E-state index contributed by atoms with van der Waals surface area (Å²) in [5.41, 5.74) is 2.31. The highest BCUT2D eigenvalue weighted by Crippen LogP contribution is 2.13. The van der Waals surface area contributed by atoms with Crippen molar-refractivity contribution in [2.75, 3.05) is 46.4 Å². The second-order valence-electron chi connectivity index (χ2n) is 6.94. The molecule has 3 rings (SSSR count). The highest BCUT2D eigenvalue weighted by Gasteiger charge is 2.20. The molecule has 0 spiro atoms. The molecular weight excluding hydrogens is 354 g/mol. The maximum Gasteiger partial charge on any atom is 0.194 e. The smallest absolute Gasteiger partial charge is 0.194 e. The van der Waals surface area contributed by atoms with Gasteiger partial charge in [0, 0.05) is 51.9 Å². The fourth-order valence-electron chi connectivity index (χ4n) is 3.35. The van der Waals surface area contributed by atoms with Gasteiger partial charge >= 0.3 is 0 Å². The Morgan fingerprint density at radius 2 is 1.96 bits per heavy atom. The summed E-state index contributed by atoms with van der Waals surface area (Å²) >= 11 is 0. The molecule has 1 N–H and O–H groups in total. The molecule has 0 bridgehead atoms. The molecular formula is C21H31N5O2. The molecule has 2 aromatic rings. The number of nitrogens with one attached hydrogen (secondary N) is 1. The summed E-state index contributed by atoms with van der Waals surface area (Å²) in [5.74, 6) is 1.93. The third kappa shape index (κ3) is 5.99. The van der Waals surface area contributed by atoms with E-state index in [0.29, 0.717) is 0 Å². The van der Waals surface area contributed by atoms with E-state index in [1.165, 1.54) is 5.56 Å². The molecule has 1 aromatic heterocycles. The monoisotopic (exact) mass is 385 g/mol. The fourth-order valence-corrected chi connectivity index (χ4v) is 3.35. The zero-order chi connectivity index (χ0) is 19.6. The summed E-state index contributed by atoms with van der Waals surface area (Å²) in [6.07, 6.45) is 3.69. The molecule has 7 nitrogen and oxygen atoms in total. The Balaban J connectivity index is 1.44. The second kappa shape index (κ2) is 10.7. The van der Waals surface area contributed by atoms with Crippen molar-refractivity contribution in [3.63, 3.8) is 0 Å². The number of hydrogen-bond acceptors (Lipinski definition) is 5. The Hall–Kier alpha value is -2.54. The molecule has 0 aliphatic carbocycles. The Morgan fingerprint density at radius 3 is 2.61 bits per heavy atom. The van der Waals surface area contributed by atoms with E-state index in [4.69, 9.17) is 14.3 Å². The van der Waals surface area contributed by atoms with Gasteiger partial charge in [0.1, 0.15) is 12.0 Å². The largest absolute Gasteiger partial charge is 0.497 e. The lowest BCUT2D eigenvalue weighted by Gasteiger charge is -2.36. The van der Waals surface area contributed by atoms with E-state index in [2.05, 4.69) is 39.3 Å². The van der Waals surface area contributed by atoms with Crippen LogP contribution in [0.25, 0.3) is 0 Å². The quantitative estimate of drug-likeness (QED) is 0.428. The van der Waals surface area contributed by atoms with Crippen LogP contribution in [0.1, 0.15) is 24.6 Å². The average molecular weight is 386 g/mol. The standard InChI is InChI=1S/C21H31N5O2/c1-3-22-21(23-11-4-5-18-6-8-20(27-2)9-7-18)26-14-12-25(13-15-26)17-19-10-16-28-24-19/h6-10,16H,3-5,11-15,17H2,1-2H3,(H,22,23). The number of hydrogen-bond donors (Lipinski definition) is 1. The molecule has 1 fully saturated rings. The van der Waals surface area contributed by atoms with Crippen LogP contribution >= 0.6 is 0 Å². The van der Waals surface area contributed by atoms with E-state index in [1.807, 2.05) is 18.2 Å². The minimum atomic E-state index is 0.827. The van der Waals surface area contributed by atoms with Crippen molar-refractivity contribution in [2.24, 2.45) is 4.99 Å². The number of aliphatic imine (C=N–C) groups is 1. The van der Waals surface area contributed by atoms with Crippen LogP contribution in [0.2, 0.25) is 0 Å². The van der Waals surface area contributed by atoms with Gasteiger partial charge in [-0.1, -0.05) is 17.3 Å². The number of guanidine groups is 1. The van der Waals surface area contributed by atoms with Crippen LogP contribution in [0.5, 0.6) is 5.75 Å². The molecule has 0 saturated carbocycles. The van der Waals surface area contributed by atoms with Crippen LogP contribution in [0.15, 0.2) is 46.1 Å². The second-order valence-corrected chi connectivity index (χ2v) is 6.94. The van der Waals surface area contributed by atoms with Crippen LogP contribution in [0.4, 0.5) is 0 Å². The maximum absolute atomic E-state index is 5.21. The third-order valence-corrected chi connectivity index (χ3v) is 4.93. The molecule has 0 atom stereocenters. The van der Waals surface area contributed by atoms with Crippen LogP contribution < -0.4 is 10.1 Å². The van der Waals surface area contributed by atoms with E-state index < -0.39 is 0 Å². The highest BCUT2D eigenvalue weighted by atomic mass is 16.5. The van der Waals surface area contributed by atoms with E-state index >= 15 is 0 Å². The number of piperazine rings is 1. The van der Waals surface area contributed by atoms with Crippen molar-refractivity contribution in [2.45, 2.75) is 26.3 Å². The number of aryl methyl sites for hydroxylation is 1. The Labute approximate surface area is 167 Å². The number of methoxy groups -OCH3 is 1. The topological polar surface area (TPSA) is 66.1 Å². The van der Waals surface area contributed by atoms with Gasteiger partial charge in [0.2, 0.25) is 0 Å².